The van der Waals surface area contributed by atoms with Crippen molar-refractivity contribution in [2.75, 3.05) is 0 Å². The van der Waals surface area contributed by atoms with Crippen molar-refractivity contribution in [2.45, 2.75) is 5.03 Å². The van der Waals surface area contributed by atoms with E-state index >= 15 is 0 Å². The lowest BCUT2D eigenvalue weighted by atomic mass is 10.2. The van der Waals surface area contributed by atoms with Crippen molar-refractivity contribution < 1.29 is 17.4 Å². The highest BCUT2D eigenvalue weighted by Gasteiger charge is 2.16. The number of nitrogens with zero attached hydrogens (tertiary/aromatic N) is 1. The molecule has 2 aromatic rings. The van der Waals surface area contributed by atoms with E-state index in [-0.39, 0.29) is 5.89 Å². The molecule has 0 radical (unpaired) electrons. The van der Waals surface area contributed by atoms with Crippen LogP contribution < -0.4 is 0 Å². The minimum Gasteiger partial charge on any atom is -0.443 e. The summed E-state index contributed by atoms with van der Waals surface area (Å²) >= 11 is 0. The minimum absolute atomic E-state index is 0.156. The molecule has 1 N–H and O–H groups in total. The van der Waals surface area contributed by atoms with E-state index in [0.717, 1.165) is 6.26 Å². The maximum Gasteiger partial charge on any atom is 0.315 e. The molecular formula is C9H7NO4S. The molecule has 0 bridgehead atoms. The Hall–Kier alpha value is -1.66. The first-order valence-electron chi connectivity index (χ1n) is 4.06. The molecule has 0 aliphatic heterocycles. The minimum atomic E-state index is -4.29. The van der Waals surface area contributed by atoms with Crippen LogP contribution in [0.25, 0.3) is 11.5 Å². The number of hydrogen-bond acceptors (Lipinski definition) is 4. The Bertz CT molecular complexity index is 559. The van der Waals surface area contributed by atoms with Crippen molar-refractivity contribution in [3.05, 3.63) is 36.6 Å². The molecule has 0 unspecified atom stereocenters. The number of oxazole rings is 1. The van der Waals surface area contributed by atoms with E-state index in [1.165, 1.54) is 0 Å². The average molecular weight is 225 g/mol. The van der Waals surface area contributed by atoms with Crippen LogP contribution in [0.1, 0.15) is 0 Å². The maximum absolute atomic E-state index is 10.7. The Balaban J connectivity index is 2.46. The van der Waals surface area contributed by atoms with Crippen LogP contribution >= 0.6 is 0 Å². The molecular weight excluding hydrogens is 218 g/mol. The fraction of sp³-hybridized carbons (Fsp3) is 0. The molecule has 1 heterocycles. The zero-order valence-corrected chi connectivity index (χ0v) is 8.31. The molecule has 1 aromatic carbocycles. The molecule has 0 spiro atoms. The summed E-state index contributed by atoms with van der Waals surface area (Å²) in [6, 6.07) is 8.80. The summed E-state index contributed by atoms with van der Waals surface area (Å²) in [7, 11) is -4.29. The van der Waals surface area contributed by atoms with Crippen molar-refractivity contribution in [3.63, 3.8) is 0 Å². The van der Waals surface area contributed by atoms with Crippen LogP contribution in [0.2, 0.25) is 0 Å². The second-order valence-corrected chi connectivity index (χ2v) is 4.20. The first-order chi connectivity index (χ1) is 7.07. The summed E-state index contributed by atoms with van der Waals surface area (Å²) in [5.74, 6) is 0.156. The molecule has 0 amide bonds. The van der Waals surface area contributed by atoms with Gasteiger partial charge in [-0.1, -0.05) is 18.2 Å². The van der Waals surface area contributed by atoms with Gasteiger partial charge in [-0.2, -0.15) is 13.4 Å². The number of benzene rings is 1. The fourth-order valence-electron chi connectivity index (χ4n) is 1.09. The van der Waals surface area contributed by atoms with Gasteiger partial charge in [-0.25, -0.2) is 0 Å². The SMILES string of the molecule is O=S(=O)(O)c1coc(-c2ccccc2)n1. The van der Waals surface area contributed by atoms with E-state index in [4.69, 9.17) is 8.97 Å². The monoisotopic (exact) mass is 225 g/mol. The second kappa shape index (κ2) is 3.48. The molecule has 2 rings (SSSR count). The van der Waals surface area contributed by atoms with Crippen molar-refractivity contribution in [1.82, 2.24) is 4.98 Å². The first-order valence-corrected chi connectivity index (χ1v) is 5.50. The normalized spacial score (nSPS) is 11.5. The highest BCUT2D eigenvalue weighted by Crippen LogP contribution is 2.19. The van der Waals surface area contributed by atoms with E-state index < -0.39 is 15.1 Å². The van der Waals surface area contributed by atoms with Crippen molar-refractivity contribution >= 4 is 10.1 Å². The van der Waals surface area contributed by atoms with E-state index in [1.807, 2.05) is 6.07 Å². The van der Waals surface area contributed by atoms with Gasteiger partial charge < -0.3 is 4.42 Å². The molecule has 0 aliphatic rings. The predicted molar refractivity (Wildman–Crippen MR) is 51.8 cm³/mol. The molecule has 0 saturated carbocycles. The number of hydrogen-bond donors (Lipinski definition) is 1. The molecule has 1 aromatic heterocycles. The first kappa shape index (κ1) is 9.88. The van der Waals surface area contributed by atoms with Crippen LogP contribution in [0.5, 0.6) is 0 Å². The van der Waals surface area contributed by atoms with E-state index in [1.54, 1.807) is 24.3 Å². The fourth-order valence-corrected chi connectivity index (χ4v) is 1.46. The van der Waals surface area contributed by atoms with Crippen LogP contribution in [0.15, 0.2) is 46.0 Å². The molecule has 6 heteroatoms. The molecule has 0 fully saturated rings. The zero-order chi connectivity index (χ0) is 10.9. The van der Waals surface area contributed by atoms with Crippen LogP contribution in [0.4, 0.5) is 0 Å². The van der Waals surface area contributed by atoms with E-state index in [0.29, 0.717) is 5.56 Å². The van der Waals surface area contributed by atoms with Gasteiger partial charge in [-0.05, 0) is 12.1 Å². The Morgan fingerprint density at radius 2 is 1.87 bits per heavy atom. The molecule has 0 atom stereocenters. The smallest absolute Gasteiger partial charge is 0.315 e. The van der Waals surface area contributed by atoms with Crippen LogP contribution in [0, 0.1) is 0 Å². The van der Waals surface area contributed by atoms with Gasteiger partial charge in [0.15, 0.2) is 0 Å². The van der Waals surface area contributed by atoms with Crippen LogP contribution in [-0.4, -0.2) is 18.0 Å². The third-order valence-electron chi connectivity index (χ3n) is 1.77. The molecule has 5 nitrogen and oxygen atoms in total. The van der Waals surface area contributed by atoms with Crippen LogP contribution in [0.3, 0.4) is 0 Å². The standard InChI is InChI=1S/C9H7NO4S/c11-15(12,13)8-6-14-9(10-8)7-4-2-1-3-5-7/h1-6H,(H,11,12,13). The molecule has 0 aliphatic carbocycles. The summed E-state index contributed by atoms with van der Waals surface area (Å²) in [6.07, 6.45) is 0.900. The van der Waals surface area contributed by atoms with Gasteiger partial charge in [0.05, 0.1) is 0 Å². The Morgan fingerprint density at radius 3 is 2.40 bits per heavy atom. The van der Waals surface area contributed by atoms with E-state index in [2.05, 4.69) is 4.98 Å². The topological polar surface area (TPSA) is 80.4 Å². The third kappa shape index (κ3) is 2.05. The highest BCUT2D eigenvalue weighted by molar-refractivity contribution is 7.85. The Morgan fingerprint density at radius 1 is 1.20 bits per heavy atom. The number of aromatic nitrogens is 1. The van der Waals surface area contributed by atoms with Gasteiger partial charge in [-0.3, -0.25) is 4.55 Å². The van der Waals surface area contributed by atoms with Gasteiger partial charge in [0.2, 0.25) is 10.9 Å². The predicted octanol–water partition coefficient (Wildman–Crippen LogP) is 1.59. The lowest BCUT2D eigenvalue weighted by Crippen LogP contribution is -1.97. The van der Waals surface area contributed by atoms with Gasteiger partial charge in [0.1, 0.15) is 6.26 Å². The highest BCUT2D eigenvalue weighted by atomic mass is 32.2. The quantitative estimate of drug-likeness (QED) is 0.785. The lowest BCUT2D eigenvalue weighted by molar-refractivity contribution is 0.478. The molecule has 0 saturated heterocycles. The van der Waals surface area contributed by atoms with Crippen molar-refractivity contribution in [1.29, 1.82) is 0 Å². The van der Waals surface area contributed by atoms with Gasteiger partial charge in [-0.15, -0.1) is 0 Å². The summed E-state index contributed by atoms with van der Waals surface area (Å²) in [4.78, 5) is 3.65. The van der Waals surface area contributed by atoms with Crippen molar-refractivity contribution in [3.8, 4) is 11.5 Å². The van der Waals surface area contributed by atoms with Gasteiger partial charge in [0.25, 0.3) is 0 Å². The number of rotatable bonds is 2. The van der Waals surface area contributed by atoms with E-state index in [9.17, 15) is 8.42 Å². The Labute approximate surface area is 86.1 Å². The molecule has 78 valence electrons. The maximum atomic E-state index is 10.7. The summed E-state index contributed by atoms with van der Waals surface area (Å²) < 4.78 is 35.0. The Kier molecular flexibility index (Phi) is 2.29. The van der Waals surface area contributed by atoms with Gasteiger partial charge in [0, 0.05) is 5.56 Å². The van der Waals surface area contributed by atoms with Crippen molar-refractivity contribution in [2.24, 2.45) is 0 Å². The van der Waals surface area contributed by atoms with Gasteiger partial charge >= 0.3 is 10.1 Å². The summed E-state index contributed by atoms with van der Waals surface area (Å²) in [5, 5.41) is -0.485. The lowest BCUT2D eigenvalue weighted by Gasteiger charge is -1.91. The summed E-state index contributed by atoms with van der Waals surface area (Å²) in [6.45, 7) is 0. The third-order valence-corrected chi connectivity index (χ3v) is 2.48. The summed E-state index contributed by atoms with van der Waals surface area (Å²) in [5.41, 5.74) is 0.646. The largest absolute Gasteiger partial charge is 0.443 e. The van der Waals surface area contributed by atoms with Crippen LogP contribution in [-0.2, 0) is 10.1 Å². The second-order valence-electron chi connectivity index (χ2n) is 2.83. The zero-order valence-electron chi connectivity index (χ0n) is 7.49. The average Bonchev–Trinajstić information content (AvgIpc) is 2.67. The molecule has 15 heavy (non-hydrogen) atoms.